The van der Waals surface area contributed by atoms with Crippen LogP contribution in [0.3, 0.4) is 0 Å². The molecule has 0 amide bonds. The molecule has 0 spiro atoms. The molecule has 4 unspecified atom stereocenters. The molecule has 0 aromatic rings. The standard InChI is InChI=1S/C22H35F2IO4/c1-4-5-13-22(2,24)17(26)12-10-14-9-11-16-19(14)20(23)21(29-16)15(25)7-6-8-18(27)28-3/h10,12,14-17,19-21,26H,4-9,11,13H2,1-3H3/b12-10+/t14-,15?,16+,17-,19-,20?,21?,22?/m1/s1. The number of carbonyl (C=O) groups is 1. The summed E-state index contributed by atoms with van der Waals surface area (Å²) in [5.74, 6) is -0.546. The number of unbranched alkanes of at least 4 members (excludes halogenated alkanes) is 1. The van der Waals surface area contributed by atoms with Crippen molar-refractivity contribution >= 4 is 28.6 Å². The van der Waals surface area contributed by atoms with Gasteiger partial charge in [-0.1, -0.05) is 54.5 Å². The highest BCUT2D eigenvalue weighted by molar-refractivity contribution is 14.1. The highest BCUT2D eigenvalue weighted by atomic mass is 127. The number of fused-ring (bicyclic) bond motifs is 1. The maximum absolute atomic E-state index is 15.2. The molecule has 0 aromatic carbocycles. The molecule has 2 fully saturated rings. The molecule has 1 heterocycles. The highest BCUT2D eigenvalue weighted by Crippen LogP contribution is 2.47. The van der Waals surface area contributed by atoms with Crippen LogP contribution in [0.25, 0.3) is 0 Å². The van der Waals surface area contributed by atoms with E-state index in [2.05, 4.69) is 27.3 Å². The van der Waals surface area contributed by atoms with Crippen LogP contribution in [-0.2, 0) is 14.3 Å². The molecule has 7 heteroatoms. The van der Waals surface area contributed by atoms with E-state index in [1.807, 2.05) is 6.92 Å². The molecular formula is C22H35F2IO4. The lowest BCUT2D eigenvalue weighted by molar-refractivity contribution is -0.140. The van der Waals surface area contributed by atoms with E-state index < -0.39 is 24.0 Å². The van der Waals surface area contributed by atoms with Crippen molar-refractivity contribution < 1.29 is 28.2 Å². The first-order valence-corrected chi connectivity index (χ1v) is 12.0. The molecule has 1 aliphatic heterocycles. The Labute approximate surface area is 186 Å². The number of aliphatic hydroxyl groups excluding tert-OH is 1. The fourth-order valence-corrected chi connectivity index (χ4v) is 5.46. The number of rotatable bonds is 11. The van der Waals surface area contributed by atoms with Gasteiger partial charge in [-0.25, -0.2) is 8.78 Å². The number of hydrogen-bond acceptors (Lipinski definition) is 4. The molecule has 1 aliphatic carbocycles. The molecule has 0 bridgehead atoms. The van der Waals surface area contributed by atoms with Gasteiger partial charge in [-0.3, -0.25) is 4.79 Å². The lowest BCUT2D eigenvalue weighted by atomic mass is 9.87. The van der Waals surface area contributed by atoms with Gasteiger partial charge in [0, 0.05) is 16.3 Å². The molecule has 1 N–H and O–H groups in total. The van der Waals surface area contributed by atoms with Gasteiger partial charge in [-0.15, -0.1) is 0 Å². The minimum Gasteiger partial charge on any atom is -0.469 e. The molecular weight excluding hydrogens is 493 g/mol. The van der Waals surface area contributed by atoms with Gasteiger partial charge in [0.05, 0.1) is 13.2 Å². The second-order valence-corrected chi connectivity index (χ2v) is 10.2. The molecule has 0 aromatic heterocycles. The summed E-state index contributed by atoms with van der Waals surface area (Å²) in [6, 6.07) is 0. The lowest BCUT2D eigenvalue weighted by Gasteiger charge is -2.25. The first kappa shape index (κ1) is 25.0. The zero-order valence-corrected chi connectivity index (χ0v) is 19.8. The van der Waals surface area contributed by atoms with Crippen LogP contribution in [0.1, 0.15) is 65.2 Å². The Morgan fingerprint density at radius 3 is 2.79 bits per heavy atom. The van der Waals surface area contributed by atoms with Crippen molar-refractivity contribution in [3.8, 4) is 0 Å². The van der Waals surface area contributed by atoms with Crippen LogP contribution in [-0.4, -0.2) is 52.3 Å². The van der Waals surface area contributed by atoms with Crippen LogP contribution in [0.5, 0.6) is 0 Å². The molecule has 0 radical (unpaired) electrons. The third kappa shape index (κ3) is 6.60. The maximum atomic E-state index is 15.2. The van der Waals surface area contributed by atoms with Crippen molar-refractivity contribution in [2.24, 2.45) is 11.8 Å². The van der Waals surface area contributed by atoms with E-state index in [0.29, 0.717) is 25.7 Å². The number of carbonyl (C=O) groups excluding carboxylic acids is 1. The molecule has 29 heavy (non-hydrogen) atoms. The topological polar surface area (TPSA) is 55.8 Å². The van der Waals surface area contributed by atoms with E-state index in [0.717, 1.165) is 25.7 Å². The molecule has 2 rings (SSSR count). The minimum absolute atomic E-state index is 0.0174. The van der Waals surface area contributed by atoms with Crippen LogP contribution in [0.4, 0.5) is 8.78 Å². The Balaban J connectivity index is 1.91. The first-order valence-electron chi connectivity index (χ1n) is 10.8. The lowest BCUT2D eigenvalue weighted by Crippen LogP contribution is -2.34. The van der Waals surface area contributed by atoms with Crippen LogP contribution < -0.4 is 0 Å². The van der Waals surface area contributed by atoms with Gasteiger partial charge in [0.2, 0.25) is 0 Å². The smallest absolute Gasteiger partial charge is 0.305 e. The fraction of sp³-hybridized carbons (Fsp3) is 0.864. The van der Waals surface area contributed by atoms with Gasteiger partial charge in [-0.2, -0.15) is 0 Å². The molecule has 1 saturated carbocycles. The van der Waals surface area contributed by atoms with Crippen LogP contribution in [0.15, 0.2) is 12.2 Å². The largest absolute Gasteiger partial charge is 0.469 e. The highest BCUT2D eigenvalue weighted by Gasteiger charge is 2.52. The summed E-state index contributed by atoms with van der Waals surface area (Å²) >= 11 is 2.22. The van der Waals surface area contributed by atoms with E-state index in [1.54, 1.807) is 6.08 Å². The van der Waals surface area contributed by atoms with Crippen LogP contribution in [0.2, 0.25) is 0 Å². The van der Waals surface area contributed by atoms with E-state index in [9.17, 15) is 14.3 Å². The third-order valence-electron chi connectivity index (χ3n) is 6.34. The van der Waals surface area contributed by atoms with Crippen LogP contribution in [0, 0.1) is 11.8 Å². The molecule has 8 atom stereocenters. The quantitative estimate of drug-likeness (QED) is 0.176. The average molecular weight is 528 g/mol. The van der Waals surface area contributed by atoms with Gasteiger partial charge in [0.1, 0.15) is 24.0 Å². The molecule has 4 nitrogen and oxygen atoms in total. The zero-order chi connectivity index (χ0) is 21.6. The maximum Gasteiger partial charge on any atom is 0.305 e. The monoisotopic (exact) mass is 528 g/mol. The molecule has 1 saturated heterocycles. The van der Waals surface area contributed by atoms with Crippen molar-refractivity contribution in [2.75, 3.05) is 7.11 Å². The SMILES string of the molecule is CCCCC(C)(F)[C@H](O)/C=C/[C@H]1CC[C@@H]2OC(C(I)CCCC(=O)OC)C(F)[C@@H]21. The van der Waals surface area contributed by atoms with E-state index >= 15 is 4.39 Å². The minimum atomic E-state index is -1.67. The number of hydrogen-bond donors (Lipinski definition) is 1. The normalized spacial score (nSPS) is 33.4. The Bertz CT molecular complexity index is 557. The van der Waals surface area contributed by atoms with Gasteiger partial charge >= 0.3 is 5.97 Å². The predicted octanol–water partition coefficient (Wildman–Crippen LogP) is 5.10. The number of esters is 1. The number of alkyl halides is 3. The summed E-state index contributed by atoms with van der Waals surface area (Å²) in [4.78, 5) is 11.3. The Kier molecular flexibility index (Phi) is 9.80. The van der Waals surface area contributed by atoms with Gasteiger partial charge in [-0.05, 0) is 44.9 Å². The number of methoxy groups -OCH3 is 1. The summed E-state index contributed by atoms with van der Waals surface area (Å²) in [5.41, 5.74) is -1.67. The molecule has 2 aliphatic rings. The fourth-order valence-electron chi connectivity index (χ4n) is 4.45. The first-order chi connectivity index (χ1) is 13.7. The van der Waals surface area contributed by atoms with E-state index in [-0.39, 0.29) is 27.8 Å². The Morgan fingerprint density at radius 1 is 1.41 bits per heavy atom. The van der Waals surface area contributed by atoms with Crippen molar-refractivity contribution in [3.63, 3.8) is 0 Å². The summed E-state index contributed by atoms with van der Waals surface area (Å²) in [6.07, 6.45) is 5.57. The summed E-state index contributed by atoms with van der Waals surface area (Å²) in [7, 11) is 1.36. The second kappa shape index (κ2) is 11.4. The summed E-state index contributed by atoms with van der Waals surface area (Å²) < 4.78 is 40.5. The predicted molar refractivity (Wildman–Crippen MR) is 118 cm³/mol. The van der Waals surface area contributed by atoms with E-state index in [4.69, 9.17) is 4.74 Å². The number of aliphatic hydroxyl groups is 1. The third-order valence-corrected chi connectivity index (χ3v) is 7.67. The van der Waals surface area contributed by atoms with Crippen LogP contribution >= 0.6 is 22.6 Å². The second-order valence-electron chi connectivity index (χ2n) is 8.60. The van der Waals surface area contributed by atoms with Crippen molar-refractivity contribution in [1.82, 2.24) is 0 Å². The summed E-state index contributed by atoms with van der Waals surface area (Å²) in [6.45, 7) is 3.42. The molecule has 168 valence electrons. The van der Waals surface area contributed by atoms with Crippen molar-refractivity contribution in [3.05, 3.63) is 12.2 Å². The zero-order valence-electron chi connectivity index (χ0n) is 17.7. The average Bonchev–Trinajstić information content (AvgIpc) is 3.24. The summed E-state index contributed by atoms with van der Waals surface area (Å²) in [5, 5.41) is 10.2. The van der Waals surface area contributed by atoms with Crippen molar-refractivity contribution in [2.45, 2.75) is 99.3 Å². The number of ether oxygens (including phenoxy) is 2. The number of halogens is 3. The number of allylic oxidation sites excluding steroid dienone is 1. The Morgan fingerprint density at radius 2 is 2.14 bits per heavy atom. The Hall–Kier alpha value is -0.280. The van der Waals surface area contributed by atoms with Gasteiger partial charge in [0.25, 0.3) is 0 Å². The van der Waals surface area contributed by atoms with Gasteiger partial charge in [0.15, 0.2) is 0 Å². The van der Waals surface area contributed by atoms with Crippen molar-refractivity contribution in [1.29, 1.82) is 0 Å². The van der Waals surface area contributed by atoms with Gasteiger partial charge < -0.3 is 14.6 Å². The van der Waals surface area contributed by atoms with E-state index in [1.165, 1.54) is 20.1 Å².